The molecule has 1 fully saturated rings. The van der Waals surface area contributed by atoms with Crippen LogP contribution in [0.1, 0.15) is 32.1 Å². The molecule has 1 heterocycles. The molecule has 1 aliphatic carbocycles. The zero-order valence-corrected chi connectivity index (χ0v) is 11.2. The van der Waals surface area contributed by atoms with E-state index in [2.05, 4.69) is 10.3 Å². The van der Waals surface area contributed by atoms with Crippen LogP contribution in [-0.2, 0) is 4.74 Å². The van der Waals surface area contributed by atoms with Crippen LogP contribution < -0.4 is 11.1 Å². The number of hydrogen-bond donors (Lipinski definition) is 2. The minimum Gasteiger partial charge on any atom is -0.396 e. The Kier molecular flexibility index (Phi) is 5.08. The standard InChI is InChI=1S/C13H20ClN3O/c14-10-8-12(15)13(17-9-10)16-6-7-18-11-4-2-1-3-5-11/h8-9,11H,1-7,15H2,(H,16,17). The van der Waals surface area contributed by atoms with Gasteiger partial charge in [-0.25, -0.2) is 4.98 Å². The van der Waals surface area contributed by atoms with E-state index in [4.69, 9.17) is 22.1 Å². The van der Waals surface area contributed by atoms with Crippen LogP contribution in [-0.4, -0.2) is 24.2 Å². The van der Waals surface area contributed by atoms with Crippen LogP contribution in [0.15, 0.2) is 12.3 Å². The fraction of sp³-hybridized carbons (Fsp3) is 0.615. The fourth-order valence-electron chi connectivity index (χ4n) is 2.23. The number of aromatic nitrogens is 1. The van der Waals surface area contributed by atoms with Gasteiger partial charge in [0.15, 0.2) is 0 Å². The van der Waals surface area contributed by atoms with Crippen LogP contribution in [0.4, 0.5) is 11.5 Å². The molecule has 1 aliphatic rings. The maximum Gasteiger partial charge on any atom is 0.149 e. The van der Waals surface area contributed by atoms with Gasteiger partial charge in [0.05, 0.1) is 23.4 Å². The Labute approximate surface area is 113 Å². The van der Waals surface area contributed by atoms with Gasteiger partial charge in [-0.15, -0.1) is 0 Å². The average Bonchev–Trinajstić information content (AvgIpc) is 2.38. The Hall–Kier alpha value is -1.00. The van der Waals surface area contributed by atoms with Gasteiger partial charge in [-0.2, -0.15) is 0 Å². The number of rotatable bonds is 5. The molecular weight excluding hydrogens is 250 g/mol. The predicted octanol–water partition coefficient (Wildman–Crippen LogP) is 3.08. The molecule has 18 heavy (non-hydrogen) atoms. The van der Waals surface area contributed by atoms with E-state index < -0.39 is 0 Å². The summed E-state index contributed by atoms with van der Waals surface area (Å²) >= 11 is 5.78. The molecular formula is C13H20ClN3O. The van der Waals surface area contributed by atoms with Gasteiger partial charge in [-0.3, -0.25) is 0 Å². The highest BCUT2D eigenvalue weighted by atomic mass is 35.5. The second-order valence-electron chi connectivity index (χ2n) is 4.65. The van der Waals surface area contributed by atoms with Crippen molar-refractivity contribution in [2.75, 3.05) is 24.2 Å². The van der Waals surface area contributed by atoms with Crippen molar-refractivity contribution in [3.8, 4) is 0 Å². The quantitative estimate of drug-likeness (QED) is 0.807. The van der Waals surface area contributed by atoms with Gasteiger partial charge in [0.25, 0.3) is 0 Å². The number of pyridine rings is 1. The van der Waals surface area contributed by atoms with Gasteiger partial charge in [0.1, 0.15) is 5.82 Å². The molecule has 0 spiro atoms. The first-order chi connectivity index (χ1) is 8.75. The van der Waals surface area contributed by atoms with Gasteiger partial charge in [-0.05, 0) is 18.9 Å². The summed E-state index contributed by atoms with van der Waals surface area (Å²) in [6.07, 6.45) is 8.36. The number of nitrogens with one attached hydrogen (secondary N) is 1. The van der Waals surface area contributed by atoms with Crippen molar-refractivity contribution in [1.82, 2.24) is 4.98 Å². The number of hydrogen-bond acceptors (Lipinski definition) is 4. The molecule has 0 aliphatic heterocycles. The monoisotopic (exact) mass is 269 g/mol. The van der Waals surface area contributed by atoms with E-state index >= 15 is 0 Å². The van der Waals surface area contributed by atoms with E-state index in [0.717, 1.165) is 6.54 Å². The number of nitrogen functional groups attached to an aromatic ring is 1. The molecule has 0 atom stereocenters. The second-order valence-corrected chi connectivity index (χ2v) is 5.09. The molecule has 100 valence electrons. The maximum atomic E-state index is 5.81. The molecule has 1 saturated carbocycles. The molecule has 5 heteroatoms. The predicted molar refractivity (Wildman–Crippen MR) is 75.0 cm³/mol. The Morgan fingerprint density at radius 2 is 2.17 bits per heavy atom. The lowest BCUT2D eigenvalue weighted by Crippen LogP contribution is -2.21. The van der Waals surface area contributed by atoms with Crippen molar-refractivity contribution in [3.63, 3.8) is 0 Å². The van der Waals surface area contributed by atoms with Crippen molar-refractivity contribution < 1.29 is 4.74 Å². The van der Waals surface area contributed by atoms with E-state index in [1.54, 1.807) is 12.3 Å². The smallest absolute Gasteiger partial charge is 0.149 e. The second kappa shape index (κ2) is 6.81. The molecule has 1 aromatic heterocycles. The first-order valence-corrected chi connectivity index (χ1v) is 6.90. The minimum atomic E-state index is 0.441. The lowest BCUT2D eigenvalue weighted by Gasteiger charge is -2.22. The van der Waals surface area contributed by atoms with Gasteiger partial charge in [0, 0.05) is 12.7 Å². The van der Waals surface area contributed by atoms with Crippen molar-refractivity contribution in [2.45, 2.75) is 38.2 Å². The SMILES string of the molecule is Nc1cc(Cl)cnc1NCCOC1CCCCC1. The summed E-state index contributed by atoms with van der Waals surface area (Å²) in [5, 5.41) is 3.71. The third kappa shape index (κ3) is 4.03. The topological polar surface area (TPSA) is 60.2 Å². The number of ether oxygens (including phenoxy) is 1. The molecule has 0 unspecified atom stereocenters. The minimum absolute atomic E-state index is 0.441. The Morgan fingerprint density at radius 1 is 1.39 bits per heavy atom. The third-order valence-corrected chi connectivity index (χ3v) is 3.39. The average molecular weight is 270 g/mol. The highest BCUT2D eigenvalue weighted by Gasteiger charge is 2.13. The lowest BCUT2D eigenvalue weighted by atomic mass is 9.98. The van der Waals surface area contributed by atoms with Crippen LogP contribution >= 0.6 is 11.6 Å². The number of nitrogens with two attached hydrogens (primary N) is 1. The van der Waals surface area contributed by atoms with Crippen molar-refractivity contribution in [2.24, 2.45) is 0 Å². The van der Waals surface area contributed by atoms with E-state index in [1.165, 1.54) is 32.1 Å². The molecule has 3 N–H and O–H groups in total. The summed E-state index contributed by atoms with van der Waals surface area (Å²) in [5.41, 5.74) is 6.37. The summed E-state index contributed by atoms with van der Waals surface area (Å²) in [4.78, 5) is 4.14. The van der Waals surface area contributed by atoms with Crippen molar-refractivity contribution in [3.05, 3.63) is 17.3 Å². The number of nitrogens with zero attached hydrogens (tertiary/aromatic N) is 1. The van der Waals surface area contributed by atoms with E-state index in [9.17, 15) is 0 Å². The van der Waals surface area contributed by atoms with Gasteiger partial charge in [-0.1, -0.05) is 30.9 Å². The molecule has 0 amide bonds. The van der Waals surface area contributed by atoms with Crippen LogP contribution in [0.3, 0.4) is 0 Å². The fourth-order valence-corrected chi connectivity index (χ4v) is 2.40. The lowest BCUT2D eigenvalue weighted by molar-refractivity contribution is 0.0347. The maximum absolute atomic E-state index is 5.81. The third-order valence-electron chi connectivity index (χ3n) is 3.18. The van der Waals surface area contributed by atoms with Crippen LogP contribution in [0, 0.1) is 0 Å². The summed E-state index contributed by atoms with van der Waals surface area (Å²) in [5.74, 6) is 0.673. The highest BCUT2D eigenvalue weighted by Crippen LogP contribution is 2.21. The van der Waals surface area contributed by atoms with Crippen LogP contribution in [0.25, 0.3) is 0 Å². The Morgan fingerprint density at radius 3 is 2.89 bits per heavy atom. The van der Waals surface area contributed by atoms with Gasteiger partial charge in [0.2, 0.25) is 0 Å². The molecule has 1 aromatic rings. The molecule has 2 rings (SSSR count). The van der Waals surface area contributed by atoms with Gasteiger partial charge >= 0.3 is 0 Å². The zero-order chi connectivity index (χ0) is 12.8. The van der Waals surface area contributed by atoms with E-state index in [-0.39, 0.29) is 0 Å². The molecule has 0 bridgehead atoms. The van der Waals surface area contributed by atoms with E-state index in [0.29, 0.717) is 29.2 Å². The van der Waals surface area contributed by atoms with Crippen molar-refractivity contribution in [1.29, 1.82) is 0 Å². The summed E-state index contributed by atoms with van der Waals surface area (Å²) < 4.78 is 5.81. The number of halogens is 1. The normalized spacial score (nSPS) is 16.7. The Bertz CT molecular complexity index is 380. The first kappa shape index (κ1) is 13.4. The molecule has 0 saturated heterocycles. The van der Waals surface area contributed by atoms with Crippen LogP contribution in [0.2, 0.25) is 5.02 Å². The van der Waals surface area contributed by atoms with Crippen LogP contribution in [0.5, 0.6) is 0 Å². The number of anilines is 2. The molecule has 0 aromatic carbocycles. The first-order valence-electron chi connectivity index (χ1n) is 6.52. The molecule has 0 radical (unpaired) electrons. The summed E-state index contributed by atoms with van der Waals surface area (Å²) in [7, 11) is 0. The zero-order valence-electron chi connectivity index (χ0n) is 10.5. The van der Waals surface area contributed by atoms with Crippen molar-refractivity contribution >= 4 is 23.1 Å². The largest absolute Gasteiger partial charge is 0.396 e. The van der Waals surface area contributed by atoms with Gasteiger partial charge < -0.3 is 15.8 Å². The summed E-state index contributed by atoms with van der Waals surface area (Å²) in [6, 6.07) is 1.69. The van der Waals surface area contributed by atoms with E-state index in [1.807, 2.05) is 0 Å². The Balaban J connectivity index is 1.68. The highest BCUT2D eigenvalue weighted by molar-refractivity contribution is 6.30. The summed E-state index contributed by atoms with van der Waals surface area (Å²) in [6.45, 7) is 1.41. The molecule has 4 nitrogen and oxygen atoms in total.